The van der Waals surface area contributed by atoms with Crippen molar-refractivity contribution in [3.05, 3.63) is 36.2 Å². The number of ether oxygens (including phenoxy) is 1. The number of nitrogens with zero attached hydrogens (tertiary/aromatic N) is 3. The first-order valence-corrected chi connectivity index (χ1v) is 8.86. The molecule has 112 valence electrons. The molecular weight excluding hydrogens is 314 g/mol. The molecule has 0 spiro atoms. The van der Waals surface area contributed by atoms with Gasteiger partial charge in [-0.1, -0.05) is 25.1 Å². The number of para-hydroxylation sites is 1. The third kappa shape index (κ3) is 2.68. The van der Waals surface area contributed by atoms with Gasteiger partial charge in [0.15, 0.2) is 5.82 Å². The van der Waals surface area contributed by atoms with Gasteiger partial charge in [-0.2, -0.15) is 0 Å². The molecule has 3 rings (SSSR count). The van der Waals surface area contributed by atoms with E-state index in [9.17, 15) is 8.42 Å². The Labute approximate surface area is 127 Å². The average Bonchev–Trinajstić information content (AvgIpc) is 3.04. The quantitative estimate of drug-likeness (QED) is 0.809. The summed E-state index contributed by atoms with van der Waals surface area (Å²) >= 11 is 0. The highest BCUT2D eigenvalue weighted by Crippen LogP contribution is 2.35. The molecule has 0 N–H and O–H groups in total. The third-order valence-electron chi connectivity index (χ3n) is 3.53. The SMILES string of the molecule is CC1CCOC1c1nnc(S(=O)(=O)Cl)n1-c1ccccc1. The summed E-state index contributed by atoms with van der Waals surface area (Å²) in [5.74, 6) is 0.702. The van der Waals surface area contributed by atoms with E-state index in [-0.39, 0.29) is 17.2 Å². The zero-order chi connectivity index (χ0) is 15.0. The molecule has 1 saturated heterocycles. The van der Waals surface area contributed by atoms with Crippen LogP contribution in [0.2, 0.25) is 0 Å². The second kappa shape index (κ2) is 5.40. The minimum atomic E-state index is -4.00. The Bertz CT molecular complexity index is 745. The summed E-state index contributed by atoms with van der Waals surface area (Å²) in [7, 11) is 1.48. The minimum absolute atomic E-state index is 0.238. The Morgan fingerprint density at radius 2 is 2.00 bits per heavy atom. The molecule has 1 aliphatic rings. The summed E-state index contributed by atoms with van der Waals surface area (Å²) in [6.45, 7) is 2.66. The van der Waals surface area contributed by atoms with Crippen LogP contribution < -0.4 is 0 Å². The molecule has 0 saturated carbocycles. The average molecular weight is 328 g/mol. The van der Waals surface area contributed by atoms with Crippen LogP contribution in [0.4, 0.5) is 0 Å². The number of halogens is 1. The smallest absolute Gasteiger partial charge is 0.297 e. The first-order chi connectivity index (χ1) is 9.98. The molecule has 2 aromatic rings. The number of hydrogen-bond acceptors (Lipinski definition) is 5. The summed E-state index contributed by atoms with van der Waals surface area (Å²) in [6, 6.07) is 9.01. The highest BCUT2D eigenvalue weighted by molar-refractivity contribution is 8.13. The molecule has 8 heteroatoms. The molecule has 1 fully saturated rings. The van der Waals surface area contributed by atoms with Crippen molar-refractivity contribution in [3.8, 4) is 5.69 Å². The highest BCUT2D eigenvalue weighted by atomic mass is 35.7. The molecule has 0 aliphatic carbocycles. The minimum Gasteiger partial charge on any atom is -0.370 e. The van der Waals surface area contributed by atoms with Crippen molar-refractivity contribution >= 4 is 19.7 Å². The predicted octanol–water partition coefficient (Wildman–Crippen LogP) is 2.29. The molecular formula is C13H14ClN3O3S. The fourth-order valence-electron chi connectivity index (χ4n) is 2.47. The Balaban J connectivity index is 2.20. The van der Waals surface area contributed by atoms with Gasteiger partial charge in [-0.05, 0) is 24.5 Å². The summed E-state index contributed by atoms with van der Waals surface area (Å²) in [5.41, 5.74) is 0.638. The number of aromatic nitrogens is 3. The topological polar surface area (TPSA) is 74.1 Å². The monoisotopic (exact) mass is 327 g/mol. The second-order valence-electron chi connectivity index (χ2n) is 5.01. The Morgan fingerprint density at radius 1 is 1.29 bits per heavy atom. The third-order valence-corrected chi connectivity index (χ3v) is 4.65. The lowest BCUT2D eigenvalue weighted by Crippen LogP contribution is -2.14. The number of rotatable bonds is 3. The number of benzene rings is 1. The van der Waals surface area contributed by atoms with Crippen LogP contribution in [0.1, 0.15) is 25.3 Å². The normalized spacial score (nSPS) is 22.6. The Hall–Kier alpha value is -1.44. The van der Waals surface area contributed by atoms with Gasteiger partial charge in [0.2, 0.25) is 0 Å². The van der Waals surface area contributed by atoms with Gasteiger partial charge in [-0.3, -0.25) is 4.57 Å². The summed E-state index contributed by atoms with van der Waals surface area (Å²) in [6.07, 6.45) is 0.611. The first kappa shape index (κ1) is 14.5. The fraction of sp³-hybridized carbons (Fsp3) is 0.385. The van der Waals surface area contributed by atoms with Crippen LogP contribution in [0.15, 0.2) is 35.5 Å². The van der Waals surface area contributed by atoms with Gasteiger partial charge in [0.25, 0.3) is 14.2 Å². The Kier molecular flexibility index (Phi) is 3.73. The van der Waals surface area contributed by atoms with Gasteiger partial charge in [0, 0.05) is 23.0 Å². The van der Waals surface area contributed by atoms with Crippen LogP contribution in [0.5, 0.6) is 0 Å². The van der Waals surface area contributed by atoms with Crippen LogP contribution in [-0.2, 0) is 13.8 Å². The van der Waals surface area contributed by atoms with E-state index >= 15 is 0 Å². The van der Waals surface area contributed by atoms with Crippen molar-refractivity contribution in [2.24, 2.45) is 5.92 Å². The Morgan fingerprint density at radius 3 is 2.57 bits per heavy atom. The maximum Gasteiger partial charge on any atom is 0.297 e. The van der Waals surface area contributed by atoms with Crippen molar-refractivity contribution in [2.75, 3.05) is 6.61 Å². The van der Waals surface area contributed by atoms with E-state index in [1.807, 2.05) is 25.1 Å². The van der Waals surface area contributed by atoms with Crippen molar-refractivity contribution in [1.82, 2.24) is 14.8 Å². The lowest BCUT2D eigenvalue weighted by Gasteiger charge is -2.16. The summed E-state index contributed by atoms with van der Waals surface area (Å²) in [5, 5.41) is 7.49. The van der Waals surface area contributed by atoms with E-state index in [1.165, 1.54) is 4.57 Å². The van der Waals surface area contributed by atoms with E-state index in [0.29, 0.717) is 18.1 Å². The largest absolute Gasteiger partial charge is 0.370 e. The second-order valence-corrected chi connectivity index (χ2v) is 7.47. The molecule has 21 heavy (non-hydrogen) atoms. The fourth-order valence-corrected chi connectivity index (χ4v) is 3.32. The molecule has 0 bridgehead atoms. The molecule has 1 aliphatic heterocycles. The van der Waals surface area contributed by atoms with E-state index < -0.39 is 9.05 Å². The number of hydrogen-bond donors (Lipinski definition) is 0. The molecule has 1 aromatic carbocycles. The maximum atomic E-state index is 11.7. The van der Waals surface area contributed by atoms with E-state index in [2.05, 4.69) is 10.2 Å². The van der Waals surface area contributed by atoms with Crippen LogP contribution in [0, 0.1) is 5.92 Å². The van der Waals surface area contributed by atoms with Gasteiger partial charge in [0.05, 0.1) is 0 Å². The van der Waals surface area contributed by atoms with Gasteiger partial charge >= 0.3 is 0 Å². The molecule has 0 amide bonds. The van der Waals surface area contributed by atoms with Crippen molar-refractivity contribution in [2.45, 2.75) is 24.6 Å². The van der Waals surface area contributed by atoms with E-state index in [1.54, 1.807) is 12.1 Å². The van der Waals surface area contributed by atoms with Crippen LogP contribution >= 0.6 is 10.7 Å². The predicted molar refractivity (Wildman–Crippen MR) is 76.9 cm³/mol. The maximum absolute atomic E-state index is 11.7. The summed E-state index contributed by atoms with van der Waals surface area (Å²) < 4.78 is 30.6. The zero-order valence-electron chi connectivity index (χ0n) is 11.3. The molecule has 2 unspecified atom stereocenters. The van der Waals surface area contributed by atoms with Crippen molar-refractivity contribution < 1.29 is 13.2 Å². The van der Waals surface area contributed by atoms with Gasteiger partial charge < -0.3 is 4.74 Å². The van der Waals surface area contributed by atoms with Crippen molar-refractivity contribution in [3.63, 3.8) is 0 Å². The van der Waals surface area contributed by atoms with E-state index in [0.717, 1.165) is 6.42 Å². The van der Waals surface area contributed by atoms with Gasteiger partial charge in [-0.25, -0.2) is 8.42 Å². The van der Waals surface area contributed by atoms with Crippen LogP contribution in [-0.4, -0.2) is 29.8 Å². The molecule has 2 heterocycles. The standard InChI is InChI=1S/C13H14ClN3O3S/c1-9-7-8-20-11(9)12-15-16-13(21(14,18)19)17(12)10-5-3-2-4-6-10/h2-6,9,11H,7-8H2,1H3. The van der Waals surface area contributed by atoms with Crippen LogP contribution in [0.3, 0.4) is 0 Å². The van der Waals surface area contributed by atoms with Gasteiger partial charge in [-0.15, -0.1) is 10.2 Å². The lowest BCUT2D eigenvalue weighted by molar-refractivity contribution is 0.0855. The van der Waals surface area contributed by atoms with Crippen molar-refractivity contribution in [1.29, 1.82) is 0 Å². The molecule has 2 atom stereocenters. The van der Waals surface area contributed by atoms with Crippen LogP contribution in [0.25, 0.3) is 5.69 Å². The molecule has 1 aromatic heterocycles. The summed E-state index contributed by atoms with van der Waals surface area (Å²) in [4.78, 5) is 0. The highest BCUT2D eigenvalue weighted by Gasteiger charge is 2.34. The van der Waals surface area contributed by atoms with E-state index in [4.69, 9.17) is 15.4 Å². The van der Waals surface area contributed by atoms with Gasteiger partial charge in [0.1, 0.15) is 6.10 Å². The first-order valence-electron chi connectivity index (χ1n) is 6.55. The molecule has 0 radical (unpaired) electrons. The zero-order valence-corrected chi connectivity index (χ0v) is 12.9. The molecule has 6 nitrogen and oxygen atoms in total. The lowest BCUT2D eigenvalue weighted by atomic mass is 10.0.